The molecule has 0 spiro atoms. The van der Waals surface area contributed by atoms with Gasteiger partial charge in [-0.15, -0.1) is 0 Å². The molecule has 0 saturated carbocycles. The van der Waals surface area contributed by atoms with Crippen molar-refractivity contribution in [1.82, 2.24) is 20.2 Å². The number of nitrogens with two attached hydrogens (primary N) is 1. The van der Waals surface area contributed by atoms with E-state index in [1.807, 2.05) is 6.07 Å². The maximum Gasteiger partial charge on any atom is 0.255 e. The van der Waals surface area contributed by atoms with Gasteiger partial charge in [-0.1, -0.05) is 35.4 Å². The highest BCUT2D eigenvalue weighted by molar-refractivity contribution is 6.35. The SMILES string of the molecule is NC1CCCN(C(=O)C2=CCC(C(=O)NCc3nc4cc(Cl)ccc4[nH]3)C=C2Cl)C1. The summed E-state index contributed by atoms with van der Waals surface area (Å²) in [6.45, 7) is 1.47. The highest BCUT2D eigenvalue weighted by Gasteiger charge is 2.29. The predicted molar refractivity (Wildman–Crippen MR) is 117 cm³/mol. The number of hydrogen-bond donors (Lipinski definition) is 3. The van der Waals surface area contributed by atoms with E-state index in [9.17, 15) is 9.59 Å². The van der Waals surface area contributed by atoms with E-state index in [2.05, 4.69) is 15.3 Å². The minimum absolute atomic E-state index is 0.00227. The molecule has 1 aromatic carbocycles. The molecule has 2 atom stereocenters. The summed E-state index contributed by atoms with van der Waals surface area (Å²) in [5, 5.41) is 3.78. The summed E-state index contributed by atoms with van der Waals surface area (Å²) in [5.41, 5.74) is 8.02. The molecule has 1 saturated heterocycles. The van der Waals surface area contributed by atoms with Gasteiger partial charge in [0, 0.05) is 29.2 Å². The average Bonchev–Trinajstić information content (AvgIpc) is 3.13. The van der Waals surface area contributed by atoms with E-state index in [1.165, 1.54) is 0 Å². The molecular formula is C21H23Cl2N5O2. The Morgan fingerprint density at radius 3 is 2.93 bits per heavy atom. The molecule has 2 aromatic rings. The zero-order valence-corrected chi connectivity index (χ0v) is 17.8. The zero-order valence-electron chi connectivity index (χ0n) is 16.3. The number of piperidine rings is 1. The third-order valence-corrected chi connectivity index (χ3v) is 5.98. The number of amides is 2. The lowest BCUT2D eigenvalue weighted by Crippen LogP contribution is -2.46. The summed E-state index contributed by atoms with van der Waals surface area (Å²) < 4.78 is 0. The van der Waals surface area contributed by atoms with E-state index in [1.54, 1.807) is 29.2 Å². The van der Waals surface area contributed by atoms with Crippen LogP contribution in [0.25, 0.3) is 11.0 Å². The lowest BCUT2D eigenvalue weighted by Gasteiger charge is -2.32. The number of aromatic amines is 1. The van der Waals surface area contributed by atoms with Crippen molar-refractivity contribution in [2.75, 3.05) is 13.1 Å². The van der Waals surface area contributed by atoms with Crippen LogP contribution in [0.3, 0.4) is 0 Å². The average molecular weight is 448 g/mol. The fourth-order valence-electron chi connectivity index (χ4n) is 3.83. The van der Waals surface area contributed by atoms with Crippen LogP contribution in [0.1, 0.15) is 25.1 Å². The van der Waals surface area contributed by atoms with Gasteiger partial charge in [0.1, 0.15) is 5.82 Å². The third kappa shape index (κ3) is 4.53. The molecule has 2 heterocycles. The van der Waals surface area contributed by atoms with Crippen LogP contribution in [-0.2, 0) is 16.1 Å². The van der Waals surface area contributed by atoms with Gasteiger partial charge in [-0.25, -0.2) is 4.98 Å². The second kappa shape index (κ2) is 8.79. The number of aromatic nitrogens is 2. The summed E-state index contributed by atoms with van der Waals surface area (Å²) in [7, 11) is 0. The number of carbonyl (C=O) groups excluding carboxylic acids is 2. The summed E-state index contributed by atoms with van der Waals surface area (Å²) in [6.07, 6.45) is 5.62. The normalized spacial score (nSPS) is 21.9. The summed E-state index contributed by atoms with van der Waals surface area (Å²) >= 11 is 12.3. The molecule has 1 fully saturated rings. The maximum atomic E-state index is 12.8. The number of rotatable bonds is 4. The van der Waals surface area contributed by atoms with Crippen LogP contribution in [-0.4, -0.2) is 45.8 Å². The van der Waals surface area contributed by atoms with Gasteiger partial charge in [0.2, 0.25) is 5.91 Å². The number of nitrogens with zero attached hydrogens (tertiary/aromatic N) is 2. The van der Waals surface area contributed by atoms with Crippen molar-refractivity contribution in [1.29, 1.82) is 0 Å². The number of allylic oxidation sites excluding steroid dienone is 1. The van der Waals surface area contributed by atoms with E-state index in [0.29, 0.717) is 41.0 Å². The monoisotopic (exact) mass is 447 g/mol. The van der Waals surface area contributed by atoms with Crippen LogP contribution in [0.15, 0.2) is 41.0 Å². The first kappa shape index (κ1) is 20.9. The van der Waals surface area contributed by atoms with Crippen LogP contribution >= 0.6 is 23.2 Å². The first-order valence-corrected chi connectivity index (χ1v) is 10.7. The van der Waals surface area contributed by atoms with Crippen LogP contribution in [0.5, 0.6) is 0 Å². The fraction of sp³-hybridized carbons (Fsp3) is 0.381. The number of benzene rings is 1. The molecule has 1 aliphatic carbocycles. The van der Waals surface area contributed by atoms with Gasteiger partial charge in [0.15, 0.2) is 0 Å². The summed E-state index contributed by atoms with van der Waals surface area (Å²) in [4.78, 5) is 34.7. The molecule has 4 N–H and O–H groups in total. The second-order valence-electron chi connectivity index (χ2n) is 7.69. The Morgan fingerprint density at radius 2 is 2.17 bits per heavy atom. The molecule has 0 radical (unpaired) electrons. The van der Waals surface area contributed by atoms with Gasteiger partial charge in [-0.05, 0) is 37.5 Å². The minimum atomic E-state index is -0.434. The Balaban J connectivity index is 1.36. The van der Waals surface area contributed by atoms with Crippen LogP contribution in [0.2, 0.25) is 5.02 Å². The first-order valence-electron chi connectivity index (χ1n) is 9.95. The molecule has 1 aliphatic heterocycles. The molecule has 30 heavy (non-hydrogen) atoms. The van der Waals surface area contributed by atoms with Gasteiger partial charge >= 0.3 is 0 Å². The number of nitrogens with one attached hydrogen (secondary N) is 2. The number of hydrogen-bond acceptors (Lipinski definition) is 4. The van der Waals surface area contributed by atoms with Crippen molar-refractivity contribution in [3.63, 3.8) is 0 Å². The number of H-pyrrole nitrogens is 1. The number of imidazole rings is 1. The van der Waals surface area contributed by atoms with Crippen molar-refractivity contribution < 1.29 is 9.59 Å². The Hall–Kier alpha value is -2.35. The molecule has 158 valence electrons. The first-order chi connectivity index (χ1) is 14.4. The topological polar surface area (TPSA) is 104 Å². The van der Waals surface area contributed by atoms with Crippen molar-refractivity contribution in [3.05, 3.63) is 51.8 Å². The van der Waals surface area contributed by atoms with E-state index in [0.717, 1.165) is 23.9 Å². The Labute approximate surface area is 184 Å². The molecule has 0 bridgehead atoms. The van der Waals surface area contributed by atoms with Crippen molar-refractivity contribution in [2.24, 2.45) is 11.7 Å². The van der Waals surface area contributed by atoms with Crippen molar-refractivity contribution >= 4 is 46.0 Å². The van der Waals surface area contributed by atoms with E-state index in [-0.39, 0.29) is 24.4 Å². The number of halogens is 2. The fourth-order valence-corrected chi connectivity index (χ4v) is 4.31. The quantitative estimate of drug-likeness (QED) is 0.669. The largest absolute Gasteiger partial charge is 0.348 e. The maximum absolute atomic E-state index is 12.8. The Kier molecular flexibility index (Phi) is 6.13. The van der Waals surface area contributed by atoms with Gasteiger partial charge in [0.25, 0.3) is 5.91 Å². The second-order valence-corrected chi connectivity index (χ2v) is 8.53. The molecule has 9 heteroatoms. The van der Waals surface area contributed by atoms with Crippen molar-refractivity contribution in [2.45, 2.75) is 31.8 Å². The molecule has 1 aromatic heterocycles. The molecule has 7 nitrogen and oxygen atoms in total. The Morgan fingerprint density at radius 1 is 1.33 bits per heavy atom. The molecule has 2 aliphatic rings. The lowest BCUT2D eigenvalue weighted by atomic mass is 9.94. The molecule has 2 unspecified atom stereocenters. The number of carbonyl (C=O) groups is 2. The van der Waals surface area contributed by atoms with Gasteiger partial charge in [-0.2, -0.15) is 0 Å². The molecule has 2 amide bonds. The zero-order chi connectivity index (χ0) is 21.3. The van der Waals surface area contributed by atoms with Crippen LogP contribution < -0.4 is 11.1 Å². The minimum Gasteiger partial charge on any atom is -0.348 e. The summed E-state index contributed by atoms with van der Waals surface area (Å²) in [5.74, 6) is -0.0867. The van der Waals surface area contributed by atoms with Gasteiger partial charge in [-0.3, -0.25) is 9.59 Å². The van der Waals surface area contributed by atoms with E-state index in [4.69, 9.17) is 28.9 Å². The van der Waals surface area contributed by atoms with E-state index < -0.39 is 5.92 Å². The predicted octanol–water partition coefficient (Wildman–Crippen LogP) is 2.85. The van der Waals surface area contributed by atoms with Crippen molar-refractivity contribution in [3.8, 4) is 0 Å². The van der Waals surface area contributed by atoms with Crippen LogP contribution in [0.4, 0.5) is 0 Å². The number of likely N-dealkylation sites (tertiary alicyclic amines) is 1. The Bertz CT molecular complexity index is 1050. The molecule has 4 rings (SSSR count). The number of fused-ring (bicyclic) bond motifs is 1. The lowest BCUT2D eigenvalue weighted by molar-refractivity contribution is -0.128. The summed E-state index contributed by atoms with van der Waals surface area (Å²) in [6, 6.07) is 5.39. The molecular weight excluding hydrogens is 425 g/mol. The van der Waals surface area contributed by atoms with Gasteiger partial charge in [0.05, 0.1) is 29.1 Å². The standard InChI is InChI=1S/C21H23Cl2N5O2/c22-13-4-6-17-18(9-13)27-19(26-17)10-25-20(29)12-3-5-15(16(23)8-12)21(30)28-7-1-2-14(24)11-28/h4-6,8-9,12,14H,1-3,7,10-11,24H2,(H,25,29)(H,26,27). The third-order valence-electron chi connectivity index (χ3n) is 5.42. The highest BCUT2D eigenvalue weighted by atomic mass is 35.5. The van der Waals surface area contributed by atoms with Crippen LogP contribution in [0, 0.1) is 5.92 Å². The highest BCUT2D eigenvalue weighted by Crippen LogP contribution is 2.28. The smallest absolute Gasteiger partial charge is 0.255 e. The van der Waals surface area contributed by atoms with E-state index >= 15 is 0 Å². The van der Waals surface area contributed by atoms with Gasteiger partial charge < -0.3 is 20.9 Å².